The van der Waals surface area contributed by atoms with Crippen LogP contribution in [0.3, 0.4) is 0 Å². The Bertz CT molecular complexity index is 1040. The standard InChI is InChI=1S/C22H18ClN3O2/c1-27-20-4-2-3-17-19-13-18(14-5-7-16(23)8-6-14)25-26(19)22(28-21(17)20)15-9-11-24-12-10-15/h2-12,19,22H,13H2,1H3/t19-,22-/m0/s1. The quantitative estimate of drug-likeness (QED) is 0.631. The second-order valence-electron chi connectivity index (χ2n) is 6.78. The Balaban J connectivity index is 1.61. The number of para-hydroxylation sites is 1. The predicted molar refractivity (Wildman–Crippen MR) is 108 cm³/mol. The van der Waals surface area contributed by atoms with Crippen LogP contribution in [0.4, 0.5) is 0 Å². The minimum atomic E-state index is -0.346. The van der Waals surface area contributed by atoms with Gasteiger partial charge in [-0.1, -0.05) is 35.9 Å². The summed E-state index contributed by atoms with van der Waals surface area (Å²) in [5, 5.41) is 7.70. The molecule has 28 heavy (non-hydrogen) atoms. The van der Waals surface area contributed by atoms with Crippen LogP contribution in [0.15, 0.2) is 72.1 Å². The van der Waals surface area contributed by atoms with Crippen LogP contribution in [0.5, 0.6) is 11.5 Å². The van der Waals surface area contributed by atoms with Crippen molar-refractivity contribution in [3.63, 3.8) is 0 Å². The van der Waals surface area contributed by atoms with Crippen molar-refractivity contribution in [2.45, 2.75) is 18.7 Å². The number of nitrogens with zero attached hydrogens (tertiary/aromatic N) is 3. The number of rotatable bonds is 3. The highest BCUT2D eigenvalue weighted by Crippen LogP contribution is 2.50. The van der Waals surface area contributed by atoms with Crippen LogP contribution in [0, 0.1) is 0 Å². The van der Waals surface area contributed by atoms with Gasteiger partial charge in [-0.15, -0.1) is 0 Å². The molecule has 3 heterocycles. The Morgan fingerprint density at radius 2 is 1.86 bits per heavy atom. The summed E-state index contributed by atoms with van der Waals surface area (Å²) in [6.07, 6.45) is 3.98. The maximum absolute atomic E-state index is 6.40. The number of aromatic nitrogens is 1. The second-order valence-corrected chi connectivity index (χ2v) is 7.22. The third-order valence-electron chi connectivity index (χ3n) is 5.17. The van der Waals surface area contributed by atoms with E-state index in [1.165, 1.54) is 0 Å². The van der Waals surface area contributed by atoms with Crippen molar-refractivity contribution in [2.75, 3.05) is 7.11 Å². The molecule has 0 aliphatic carbocycles. The van der Waals surface area contributed by atoms with Gasteiger partial charge in [-0.2, -0.15) is 5.10 Å². The van der Waals surface area contributed by atoms with E-state index in [0.29, 0.717) is 5.02 Å². The zero-order valence-corrected chi connectivity index (χ0v) is 16.0. The van der Waals surface area contributed by atoms with E-state index in [1.54, 1.807) is 19.5 Å². The Hall–Kier alpha value is -3.05. The van der Waals surface area contributed by atoms with Gasteiger partial charge in [-0.25, -0.2) is 5.01 Å². The van der Waals surface area contributed by atoms with Gasteiger partial charge in [-0.05, 0) is 35.9 Å². The van der Waals surface area contributed by atoms with E-state index in [-0.39, 0.29) is 12.3 Å². The van der Waals surface area contributed by atoms with Crippen LogP contribution in [0.25, 0.3) is 0 Å². The van der Waals surface area contributed by atoms with Gasteiger partial charge in [0.05, 0.1) is 18.9 Å². The fraction of sp³-hybridized carbons (Fsp3) is 0.182. The minimum absolute atomic E-state index is 0.0719. The number of fused-ring (bicyclic) bond motifs is 3. The Labute approximate surface area is 168 Å². The molecule has 0 saturated carbocycles. The largest absolute Gasteiger partial charge is 0.493 e. The van der Waals surface area contributed by atoms with E-state index in [9.17, 15) is 0 Å². The summed E-state index contributed by atoms with van der Waals surface area (Å²) >= 11 is 6.05. The highest BCUT2D eigenvalue weighted by atomic mass is 35.5. The van der Waals surface area contributed by atoms with Crippen molar-refractivity contribution < 1.29 is 9.47 Å². The topological polar surface area (TPSA) is 47.0 Å². The lowest BCUT2D eigenvalue weighted by atomic mass is 9.95. The van der Waals surface area contributed by atoms with E-state index in [1.807, 2.05) is 53.5 Å². The molecular weight excluding hydrogens is 374 g/mol. The van der Waals surface area contributed by atoms with Crippen LogP contribution in [-0.2, 0) is 0 Å². The number of benzene rings is 2. The van der Waals surface area contributed by atoms with Gasteiger partial charge >= 0.3 is 0 Å². The van der Waals surface area contributed by atoms with Crippen LogP contribution < -0.4 is 9.47 Å². The van der Waals surface area contributed by atoms with Gasteiger partial charge in [0.15, 0.2) is 11.5 Å². The van der Waals surface area contributed by atoms with Gasteiger partial charge in [0, 0.05) is 35.0 Å². The fourth-order valence-corrected chi connectivity index (χ4v) is 3.94. The molecule has 2 aliphatic rings. The van der Waals surface area contributed by atoms with Crippen molar-refractivity contribution in [3.8, 4) is 11.5 Å². The van der Waals surface area contributed by atoms with Gasteiger partial charge in [0.1, 0.15) is 0 Å². The molecule has 2 aliphatic heterocycles. The summed E-state index contributed by atoms with van der Waals surface area (Å²) in [5.41, 5.74) is 4.16. The number of halogens is 1. The number of methoxy groups -OCH3 is 1. The first-order chi connectivity index (χ1) is 13.7. The summed E-state index contributed by atoms with van der Waals surface area (Å²) in [6, 6.07) is 17.8. The molecular formula is C22H18ClN3O2. The zero-order valence-electron chi connectivity index (χ0n) is 15.2. The van der Waals surface area contributed by atoms with Crippen LogP contribution >= 0.6 is 11.6 Å². The van der Waals surface area contributed by atoms with Crippen LogP contribution in [0.1, 0.15) is 35.4 Å². The van der Waals surface area contributed by atoms with Gasteiger partial charge in [0.2, 0.25) is 6.23 Å². The molecule has 0 radical (unpaired) electrons. The predicted octanol–water partition coefficient (Wildman–Crippen LogP) is 4.99. The van der Waals surface area contributed by atoms with Crippen molar-refractivity contribution >= 4 is 17.3 Å². The van der Waals surface area contributed by atoms with Crippen molar-refractivity contribution in [1.82, 2.24) is 9.99 Å². The van der Waals surface area contributed by atoms with E-state index in [4.69, 9.17) is 26.2 Å². The number of pyridine rings is 1. The van der Waals surface area contributed by atoms with E-state index >= 15 is 0 Å². The Morgan fingerprint density at radius 1 is 1.07 bits per heavy atom. The molecule has 0 spiro atoms. The molecule has 140 valence electrons. The van der Waals surface area contributed by atoms with Crippen molar-refractivity contribution in [2.24, 2.45) is 5.10 Å². The average Bonchev–Trinajstić information content (AvgIpc) is 3.19. The van der Waals surface area contributed by atoms with Gasteiger partial charge < -0.3 is 9.47 Å². The molecule has 3 aromatic rings. The third-order valence-corrected chi connectivity index (χ3v) is 5.42. The number of hydrazone groups is 1. The highest BCUT2D eigenvalue weighted by Gasteiger charge is 2.42. The number of hydrogen-bond donors (Lipinski definition) is 0. The van der Waals surface area contributed by atoms with E-state index in [2.05, 4.69) is 11.1 Å². The SMILES string of the molecule is COc1cccc2c1O[C@@H](c1ccncc1)N1N=C(c3ccc(Cl)cc3)C[C@@H]21. The molecule has 0 fully saturated rings. The Kier molecular flexibility index (Phi) is 4.17. The number of hydrogen-bond acceptors (Lipinski definition) is 5. The van der Waals surface area contributed by atoms with Crippen LogP contribution in [-0.4, -0.2) is 22.8 Å². The maximum Gasteiger partial charge on any atom is 0.214 e. The molecule has 5 rings (SSSR count). The fourth-order valence-electron chi connectivity index (χ4n) is 3.81. The first kappa shape index (κ1) is 17.1. The molecule has 0 saturated heterocycles. The maximum atomic E-state index is 6.40. The molecule has 0 bridgehead atoms. The summed E-state index contributed by atoms with van der Waals surface area (Å²) in [6.45, 7) is 0. The summed E-state index contributed by atoms with van der Waals surface area (Å²) in [4.78, 5) is 4.13. The van der Waals surface area contributed by atoms with Crippen molar-refractivity contribution in [3.05, 3.63) is 88.7 Å². The second kappa shape index (κ2) is 6.84. The molecule has 6 heteroatoms. The summed E-state index contributed by atoms with van der Waals surface area (Å²) in [5.74, 6) is 1.51. The summed E-state index contributed by atoms with van der Waals surface area (Å²) < 4.78 is 12.0. The highest BCUT2D eigenvalue weighted by molar-refractivity contribution is 6.30. The molecule has 0 unspecified atom stereocenters. The molecule has 2 atom stereocenters. The first-order valence-electron chi connectivity index (χ1n) is 9.10. The average molecular weight is 392 g/mol. The Morgan fingerprint density at radius 3 is 2.61 bits per heavy atom. The normalized spacial score (nSPS) is 20.1. The lowest BCUT2D eigenvalue weighted by Gasteiger charge is -2.38. The zero-order chi connectivity index (χ0) is 19.1. The van der Waals surface area contributed by atoms with E-state index in [0.717, 1.165) is 40.3 Å². The molecule has 0 amide bonds. The minimum Gasteiger partial charge on any atom is -0.493 e. The van der Waals surface area contributed by atoms with Gasteiger partial charge in [0.25, 0.3) is 0 Å². The molecule has 1 aromatic heterocycles. The first-order valence-corrected chi connectivity index (χ1v) is 9.47. The van der Waals surface area contributed by atoms with Crippen molar-refractivity contribution in [1.29, 1.82) is 0 Å². The molecule has 5 nitrogen and oxygen atoms in total. The monoisotopic (exact) mass is 391 g/mol. The number of ether oxygens (including phenoxy) is 2. The lowest BCUT2D eigenvalue weighted by molar-refractivity contribution is -0.0209. The van der Waals surface area contributed by atoms with Crippen LogP contribution in [0.2, 0.25) is 5.02 Å². The van der Waals surface area contributed by atoms with E-state index < -0.39 is 0 Å². The molecule has 0 N–H and O–H groups in total. The molecule has 2 aromatic carbocycles. The lowest BCUT2D eigenvalue weighted by Crippen LogP contribution is -2.33. The van der Waals surface area contributed by atoms with Gasteiger partial charge in [-0.3, -0.25) is 4.98 Å². The summed E-state index contributed by atoms with van der Waals surface area (Å²) in [7, 11) is 1.66. The smallest absolute Gasteiger partial charge is 0.214 e. The third kappa shape index (κ3) is 2.79.